The van der Waals surface area contributed by atoms with Gasteiger partial charge in [0.2, 0.25) is 5.91 Å². The standard InChI is InChI=1S/C18H27N3OS/c1-14-5-4-8-21(10-14)11-16-7-3-2-6-15(16)9-19-18(22)17-12-23-13-20-17/h2-3,6-7,14,17,20H,4-5,8-13H2,1H3,(H,19,22)/t14-,17+/m1/s1. The molecule has 2 atom stereocenters. The van der Waals surface area contributed by atoms with Gasteiger partial charge in [0.25, 0.3) is 0 Å². The lowest BCUT2D eigenvalue weighted by molar-refractivity contribution is -0.122. The van der Waals surface area contributed by atoms with Crippen LogP contribution in [0.15, 0.2) is 24.3 Å². The third kappa shape index (κ3) is 4.72. The maximum Gasteiger partial charge on any atom is 0.238 e. The number of benzene rings is 1. The molecule has 0 radical (unpaired) electrons. The molecule has 1 aromatic carbocycles. The van der Waals surface area contributed by atoms with Crippen LogP contribution in [0, 0.1) is 5.92 Å². The van der Waals surface area contributed by atoms with Crippen molar-refractivity contribution in [2.75, 3.05) is 24.7 Å². The normalized spacial score (nSPS) is 25.4. The van der Waals surface area contributed by atoms with Crippen LogP contribution in [0.3, 0.4) is 0 Å². The highest BCUT2D eigenvalue weighted by Gasteiger charge is 2.22. The molecule has 1 aromatic rings. The van der Waals surface area contributed by atoms with Crippen LogP contribution in [0.25, 0.3) is 0 Å². The molecule has 1 amide bonds. The van der Waals surface area contributed by atoms with E-state index >= 15 is 0 Å². The highest BCUT2D eigenvalue weighted by atomic mass is 32.2. The Balaban J connectivity index is 1.57. The average molecular weight is 334 g/mol. The van der Waals surface area contributed by atoms with Crippen LogP contribution in [-0.2, 0) is 17.9 Å². The van der Waals surface area contributed by atoms with Crippen molar-refractivity contribution in [1.29, 1.82) is 0 Å². The first-order valence-electron chi connectivity index (χ1n) is 8.60. The average Bonchev–Trinajstić information content (AvgIpc) is 3.08. The Hall–Kier alpha value is -1.04. The molecule has 2 N–H and O–H groups in total. The number of nitrogens with zero attached hydrogens (tertiary/aromatic N) is 1. The van der Waals surface area contributed by atoms with Crippen molar-refractivity contribution < 1.29 is 4.79 Å². The van der Waals surface area contributed by atoms with Gasteiger partial charge in [0.1, 0.15) is 0 Å². The van der Waals surface area contributed by atoms with Gasteiger partial charge in [-0.25, -0.2) is 0 Å². The number of hydrogen-bond acceptors (Lipinski definition) is 4. The number of amides is 1. The molecule has 126 valence electrons. The Morgan fingerprint density at radius 1 is 1.39 bits per heavy atom. The lowest BCUT2D eigenvalue weighted by Gasteiger charge is -2.31. The quantitative estimate of drug-likeness (QED) is 0.867. The Kier molecular flexibility index (Phi) is 5.97. The summed E-state index contributed by atoms with van der Waals surface area (Å²) >= 11 is 1.78. The molecule has 2 heterocycles. The van der Waals surface area contributed by atoms with Crippen LogP contribution >= 0.6 is 11.8 Å². The maximum absolute atomic E-state index is 12.2. The van der Waals surface area contributed by atoms with Gasteiger partial charge >= 0.3 is 0 Å². The van der Waals surface area contributed by atoms with Gasteiger partial charge < -0.3 is 5.32 Å². The number of carbonyl (C=O) groups is 1. The molecule has 4 nitrogen and oxygen atoms in total. The van der Waals surface area contributed by atoms with Crippen molar-refractivity contribution >= 4 is 17.7 Å². The summed E-state index contributed by atoms with van der Waals surface area (Å²) in [6.45, 7) is 6.33. The van der Waals surface area contributed by atoms with E-state index in [4.69, 9.17) is 0 Å². The Bertz CT molecular complexity index is 531. The SMILES string of the molecule is C[C@@H]1CCCN(Cc2ccccc2CNC(=O)[C@@H]2CSCN2)C1. The first-order chi connectivity index (χ1) is 11.2. The highest BCUT2D eigenvalue weighted by Crippen LogP contribution is 2.19. The summed E-state index contributed by atoms with van der Waals surface area (Å²) in [5.74, 6) is 2.67. The van der Waals surface area contributed by atoms with E-state index in [0.29, 0.717) is 6.54 Å². The summed E-state index contributed by atoms with van der Waals surface area (Å²) in [4.78, 5) is 14.7. The topological polar surface area (TPSA) is 44.4 Å². The van der Waals surface area contributed by atoms with Gasteiger partial charge in [0, 0.05) is 31.3 Å². The third-order valence-electron chi connectivity index (χ3n) is 4.74. The van der Waals surface area contributed by atoms with E-state index in [0.717, 1.165) is 24.1 Å². The van der Waals surface area contributed by atoms with Gasteiger partial charge in [-0.3, -0.25) is 15.0 Å². The Labute approximate surface area is 143 Å². The van der Waals surface area contributed by atoms with Crippen molar-refractivity contribution in [3.8, 4) is 0 Å². The molecular formula is C18H27N3OS. The van der Waals surface area contributed by atoms with Crippen LogP contribution in [-0.4, -0.2) is 41.6 Å². The predicted octanol–water partition coefficient (Wildman–Crippen LogP) is 2.20. The van der Waals surface area contributed by atoms with Crippen LogP contribution in [0.1, 0.15) is 30.9 Å². The fourth-order valence-electron chi connectivity index (χ4n) is 3.42. The third-order valence-corrected chi connectivity index (χ3v) is 5.68. The molecule has 0 unspecified atom stereocenters. The van der Waals surface area contributed by atoms with Crippen molar-refractivity contribution in [2.24, 2.45) is 5.92 Å². The second-order valence-electron chi connectivity index (χ2n) is 6.74. The number of carbonyl (C=O) groups excluding carboxylic acids is 1. The molecule has 2 fully saturated rings. The minimum atomic E-state index is -0.0323. The van der Waals surface area contributed by atoms with Crippen LogP contribution < -0.4 is 10.6 Å². The number of hydrogen-bond donors (Lipinski definition) is 2. The number of nitrogens with one attached hydrogen (secondary N) is 2. The molecule has 0 aliphatic carbocycles. The Morgan fingerprint density at radius 2 is 2.22 bits per heavy atom. The molecule has 5 heteroatoms. The predicted molar refractivity (Wildman–Crippen MR) is 96.2 cm³/mol. The summed E-state index contributed by atoms with van der Waals surface area (Å²) in [6.07, 6.45) is 2.64. The largest absolute Gasteiger partial charge is 0.351 e. The summed E-state index contributed by atoms with van der Waals surface area (Å²) in [5, 5.41) is 6.31. The van der Waals surface area contributed by atoms with E-state index in [9.17, 15) is 4.79 Å². The smallest absolute Gasteiger partial charge is 0.238 e. The molecule has 0 spiro atoms. The first-order valence-corrected chi connectivity index (χ1v) is 9.76. The molecule has 0 saturated carbocycles. The fraction of sp³-hybridized carbons (Fsp3) is 0.611. The van der Waals surface area contributed by atoms with E-state index in [1.165, 1.54) is 37.1 Å². The number of likely N-dealkylation sites (tertiary alicyclic amines) is 1. The zero-order valence-corrected chi connectivity index (χ0v) is 14.7. The van der Waals surface area contributed by atoms with E-state index in [-0.39, 0.29) is 11.9 Å². The van der Waals surface area contributed by atoms with Gasteiger partial charge in [0.05, 0.1) is 6.04 Å². The zero-order chi connectivity index (χ0) is 16.1. The van der Waals surface area contributed by atoms with Crippen molar-refractivity contribution in [1.82, 2.24) is 15.5 Å². The molecule has 3 rings (SSSR count). The first kappa shape index (κ1) is 16.8. The number of thioether (sulfide) groups is 1. The number of rotatable bonds is 5. The summed E-state index contributed by atoms with van der Waals surface area (Å²) < 4.78 is 0. The van der Waals surface area contributed by atoms with Crippen LogP contribution in [0.4, 0.5) is 0 Å². The summed E-state index contributed by atoms with van der Waals surface area (Å²) in [5.41, 5.74) is 2.58. The minimum absolute atomic E-state index is 0.0323. The monoisotopic (exact) mass is 333 g/mol. The molecule has 2 saturated heterocycles. The van der Waals surface area contributed by atoms with Crippen molar-refractivity contribution in [3.63, 3.8) is 0 Å². The van der Waals surface area contributed by atoms with Crippen LogP contribution in [0.2, 0.25) is 0 Å². The second-order valence-corrected chi connectivity index (χ2v) is 7.77. The van der Waals surface area contributed by atoms with Gasteiger partial charge in [-0.2, -0.15) is 0 Å². The van der Waals surface area contributed by atoms with E-state index < -0.39 is 0 Å². The fourth-order valence-corrected chi connectivity index (χ4v) is 4.37. The molecule has 0 bridgehead atoms. The molecule has 2 aliphatic rings. The van der Waals surface area contributed by atoms with Crippen LogP contribution in [0.5, 0.6) is 0 Å². The molecule has 23 heavy (non-hydrogen) atoms. The minimum Gasteiger partial charge on any atom is -0.351 e. The second kappa shape index (κ2) is 8.18. The number of piperidine rings is 1. The van der Waals surface area contributed by atoms with E-state index in [2.05, 4.69) is 46.7 Å². The van der Waals surface area contributed by atoms with Crippen molar-refractivity contribution in [2.45, 2.75) is 38.9 Å². The molecular weight excluding hydrogens is 306 g/mol. The lowest BCUT2D eigenvalue weighted by Crippen LogP contribution is -2.41. The summed E-state index contributed by atoms with van der Waals surface area (Å²) in [7, 11) is 0. The van der Waals surface area contributed by atoms with Crippen molar-refractivity contribution in [3.05, 3.63) is 35.4 Å². The molecule has 0 aromatic heterocycles. The van der Waals surface area contributed by atoms with E-state index in [1.54, 1.807) is 11.8 Å². The Morgan fingerprint density at radius 3 is 2.96 bits per heavy atom. The van der Waals surface area contributed by atoms with Gasteiger partial charge in [-0.1, -0.05) is 31.2 Å². The van der Waals surface area contributed by atoms with E-state index in [1.807, 2.05) is 0 Å². The van der Waals surface area contributed by atoms with Gasteiger partial charge in [-0.05, 0) is 36.4 Å². The molecule has 2 aliphatic heterocycles. The van der Waals surface area contributed by atoms with Gasteiger partial charge in [0.15, 0.2) is 0 Å². The summed E-state index contributed by atoms with van der Waals surface area (Å²) in [6, 6.07) is 8.47. The highest BCUT2D eigenvalue weighted by molar-refractivity contribution is 7.99. The zero-order valence-electron chi connectivity index (χ0n) is 13.9. The lowest BCUT2D eigenvalue weighted by atomic mass is 9.99. The van der Waals surface area contributed by atoms with Gasteiger partial charge in [-0.15, -0.1) is 11.8 Å². The maximum atomic E-state index is 12.2.